The Balaban J connectivity index is 1.64. The van der Waals surface area contributed by atoms with Crippen molar-refractivity contribution < 1.29 is 9.26 Å². The average Bonchev–Trinajstić information content (AvgIpc) is 3.06. The first-order valence-electron chi connectivity index (χ1n) is 6.58. The average molecular weight is 291 g/mol. The van der Waals surface area contributed by atoms with Crippen LogP contribution in [0.1, 0.15) is 23.2 Å². The molecule has 3 rings (SSSR count). The van der Waals surface area contributed by atoms with Crippen LogP contribution in [0.5, 0.6) is 0 Å². The minimum absolute atomic E-state index is 0.0275. The van der Waals surface area contributed by atoms with E-state index in [0.717, 1.165) is 0 Å². The number of hydrogen-bond acceptors (Lipinski definition) is 6. The molecule has 1 aliphatic rings. The zero-order valence-electron chi connectivity index (χ0n) is 11.3. The van der Waals surface area contributed by atoms with E-state index in [1.54, 1.807) is 11.8 Å². The van der Waals surface area contributed by atoms with Crippen LogP contribution in [0.2, 0.25) is 0 Å². The van der Waals surface area contributed by atoms with Crippen LogP contribution in [-0.4, -0.2) is 29.4 Å². The van der Waals surface area contributed by atoms with Crippen LogP contribution in [0.25, 0.3) is 0 Å². The summed E-state index contributed by atoms with van der Waals surface area (Å²) < 4.78 is 10.6. The summed E-state index contributed by atoms with van der Waals surface area (Å²) in [7, 11) is 0. The molecule has 5 nitrogen and oxygen atoms in total. The van der Waals surface area contributed by atoms with Gasteiger partial charge in [-0.3, -0.25) is 0 Å². The SMILES string of the molecule is Cc1ccccc1SCc1noc(C2COCC2N)n1. The maximum atomic E-state index is 5.95. The van der Waals surface area contributed by atoms with E-state index in [1.807, 2.05) is 12.1 Å². The molecule has 2 N–H and O–H groups in total. The molecule has 106 valence electrons. The number of benzene rings is 1. The minimum atomic E-state index is -0.0488. The third-order valence-corrected chi connectivity index (χ3v) is 4.55. The Hall–Kier alpha value is -1.37. The number of aryl methyl sites for hydroxylation is 1. The minimum Gasteiger partial charge on any atom is -0.379 e. The van der Waals surface area contributed by atoms with Gasteiger partial charge in [0.1, 0.15) is 0 Å². The number of hydrogen-bond donors (Lipinski definition) is 1. The van der Waals surface area contributed by atoms with Gasteiger partial charge in [-0.2, -0.15) is 4.98 Å². The van der Waals surface area contributed by atoms with Crippen molar-refractivity contribution in [1.82, 2.24) is 10.1 Å². The van der Waals surface area contributed by atoms with Gasteiger partial charge in [-0.05, 0) is 18.6 Å². The van der Waals surface area contributed by atoms with Crippen molar-refractivity contribution in [2.45, 2.75) is 29.5 Å². The molecule has 0 amide bonds. The molecule has 1 saturated heterocycles. The van der Waals surface area contributed by atoms with E-state index in [1.165, 1.54) is 10.5 Å². The monoisotopic (exact) mass is 291 g/mol. The molecule has 0 aliphatic carbocycles. The van der Waals surface area contributed by atoms with Gasteiger partial charge in [-0.15, -0.1) is 11.8 Å². The van der Waals surface area contributed by atoms with Gasteiger partial charge in [0, 0.05) is 10.9 Å². The van der Waals surface area contributed by atoms with Gasteiger partial charge in [0.25, 0.3) is 0 Å². The van der Waals surface area contributed by atoms with Crippen LogP contribution >= 0.6 is 11.8 Å². The fourth-order valence-corrected chi connectivity index (χ4v) is 3.04. The molecule has 2 atom stereocenters. The number of ether oxygens (including phenoxy) is 1. The fourth-order valence-electron chi connectivity index (χ4n) is 2.16. The zero-order chi connectivity index (χ0) is 13.9. The molecule has 20 heavy (non-hydrogen) atoms. The normalized spacial score (nSPS) is 22.3. The summed E-state index contributed by atoms with van der Waals surface area (Å²) in [5.41, 5.74) is 7.20. The maximum Gasteiger partial charge on any atom is 0.233 e. The van der Waals surface area contributed by atoms with E-state index in [9.17, 15) is 0 Å². The number of thioether (sulfide) groups is 1. The number of aromatic nitrogens is 2. The Morgan fingerprint density at radius 1 is 1.35 bits per heavy atom. The van der Waals surface area contributed by atoms with E-state index < -0.39 is 0 Å². The molecule has 2 aromatic rings. The maximum absolute atomic E-state index is 5.95. The van der Waals surface area contributed by atoms with Gasteiger partial charge in [-0.1, -0.05) is 23.4 Å². The van der Waals surface area contributed by atoms with Gasteiger partial charge >= 0.3 is 0 Å². The summed E-state index contributed by atoms with van der Waals surface area (Å²) in [6.45, 7) is 3.22. The Kier molecular flexibility index (Phi) is 4.05. The molecule has 6 heteroatoms. The first-order valence-corrected chi connectivity index (χ1v) is 7.57. The fraction of sp³-hybridized carbons (Fsp3) is 0.429. The standard InChI is InChI=1S/C14H17N3O2S/c1-9-4-2-3-5-12(9)20-8-13-16-14(19-17-13)10-6-18-7-11(10)15/h2-5,10-11H,6-8,15H2,1H3. The van der Waals surface area contributed by atoms with Crippen LogP contribution in [0.15, 0.2) is 33.7 Å². The van der Waals surface area contributed by atoms with E-state index in [-0.39, 0.29) is 12.0 Å². The van der Waals surface area contributed by atoms with Gasteiger partial charge in [-0.25, -0.2) is 0 Å². The third kappa shape index (κ3) is 2.87. The van der Waals surface area contributed by atoms with Crippen molar-refractivity contribution in [3.8, 4) is 0 Å². The molecule has 0 saturated carbocycles. The molecule has 0 radical (unpaired) electrons. The topological polar surface area (TPSA) is 74.2 Å². The lowest BCUT2D eigenvalue weighted by molar-refractivity contribution is 0.187. The van der Waals surface area contributed by atoms with E-state index >= 15 is 0 Å². The number of nitrogens with zero attached hydrogens (tertiary/aromatic N) is 2. The highest BCUT2D eigenvalue weighted by Gasteiger charge is 2.31. The molecule has 1 aromatic heterocycles. The lowest BCUT2D eigenvalue weighted by Crippen LogP contribution is -2.27. The van der Waals surface area contributed by atoms with Crippen LogP contribution in [0.4, 0.5) is 0 Å². The van der Waals surface area contributed by atoms with Crippen molar-refractivity contribution in [1.29, 1.82) is 0 Å². The second-order valence-electron chi connectivity index (χ2n) is 4.91. The van der Waals surface area contributed by atoms with Crippen LogP contribution in [0, 0.1) is 6.92 Å². The first-order chi connectivity index (χ1) is 9.74. The van der Waals surface area contributed by atoms with Crippen LogP contribution in [0.3, 0.4) is 0 Å². The highest BCUT2D eigenvalue weighted by atomic mass is 32.2. The van der Waals surface area contributed by atoms with Gasteiger partial charge in [0.05, 0.1) is 24.9 Å². The predicted molar refractivity (Wildman–Crippen MR) is 76.6 cm³/mol. The second kappa shape index (κ2) is 5.95. The second-order valence-corrected chi connectivity index (χ2v) is 5.93. The largest absolute Gasteiger partial charge is 0.379 e. The summed E-state index contributed by atoms with van der Waals surface area (Å²) in [6.07, 6.45) is 0. The molecule has 1 aliphatic heterocycles. The molecule has 1 fully saturated rings. The van der Waals surface area contributed by atoms with Crippen molar-refractivity contribution in [2.24, 2.45) is 5.73 Å². The summed E-state index contributed by atoms with van der Waals surface area (Å²) in [6, 6.07) is 8.21. The first kappa shape index (κ1) is 13.6. The lowest BCUT2D eigenvalue weighted by Gasteiger charge is -2.06. The summed E-state index contributed by atoms with van der Waals surface area (Å²) >= 11 is 1.71. The third-order valence-electron chi connectivity index (χ3n) is 3.38. The molecule has 2 unspecified atom stereocenters. The Bertz CT molecular complexity index is 587. The van der Waals surface area contributed by atoms with Gasteiger partial charge in [0.2, 0.25) is 5.89 Å². The summed E-state index contributed by atoms with van der Waals surface area (Å²) in [5, 5.41) is 4.02. The Morgan fingerprint density at radius 3 is 2.95 bits per heavy atom. The molecular formula is C14H17N3O2S. The lowest BCUT2D eigenvalue weighted by atomic mass is 10.1. The molecule has 0 bridgehead atoms. The zero-order valence-corrected chi connectivity index (χ0v) is 12.1. The van der Waals surface area contributed by atoms with Crippen molar-refractivity contribution in [3.05, 3.63) is 41.5 Å². The van der Waals surface area contributed by atoms with E-state index in [0.29, 0.717) is 30.7 Å². The predicted octanol–water partition coefficient (Wildman–Crippen LogP) is 2.11. The highest BCUT2D eigenvalue weighted by molar-refractivity contribution is 7.98. The molecule has 1 aromatic carbocycles. The van der Waals surface area contributed by atoms with Crippen LogP contribution < -0.4 is 5.73 Å². The van der Waals surface area contributed by atoms with E-state index in [4.69, 9.17) is 15.0 Å². The smallest absolute Gasteiger partial charge is 0.233 e. The number of rotatable bonds is 4. The summed E-state index contributed by atoms with van der Waals surface area (Å²) in [4.78, 5) is 5.66. The van der Waals surface area contributed by atoms with Gasteiger partial charge < -0.3 is 15.0 Å². The quantitative estimate of drug-likeness (QED) is 0.870. The molecule has 0 spiro atoms. The van der Waals surface area contributed by atoms with Crippen molar-refractivity contribution in [2.75, 3.05) is 13.2 Å². The summed E-state index contributed by atoms with van der Waals surface area (Å²) in [5.74, 6) is 2.01. The van der Waals surface area contributed by atoms with Crippen molar-refractivity contribution >= 4 is 11.8 Å². The van der Waals surface area contributed by atoms with Gasteiger partial charge in [0.15, 0.2) is 5.82 Å². The molecule has 2 heterocycles. The molecular weight excluding hydrogens is 274 g/mol. The van der Waals surface area contributed by atoms with Crippen LogP contribution in [-0.2, 0) is 10.5 Å². The Morgan fingerprint density at radius 2 is 2.20 bits per heavy atom. The Labute approximate surface area is 121 Å². The van der Waals surface area contributed by atoms with Crippen molar-refractivity contribution in [3.63, 3.8) is 0 Å². The highest BCUT2D eigenvalue weighted by Crippen LogP contribution is 2.27. The number of nitrogens with two attached hydrogens (primary N) is 1. The van der Waals surface area contributed by atoms with E-state index in [2.05, 4.69) is 29.2 Å².